The summed E-state index contributed by atoms with van der Waals surface area (Å²) in [5.74, 6) is 0.412. The summed E-state index contributed by atoms with van der Waals surface area (Å²) in [6.45, 7) is 2.10. The number of methoxy groups -OCH3 is 2. The van der Waals surface area contributed by atoms with Crippen LogP contribution in [0.3, 0.4) is 0 Å². The van der Waals surface area contributed by atoms with Crippen LogP contribution in [0, 0.1) is 11.8 Å². The first-order chi connectivity index (χ1) is 7.60. The maximum Gasteiger partial charge on any atom is 0.182 e. The Bertz CT molecular complexity index is 250. The van der Waals surface area contributed by atoms with Gasteiger partial charge in [-0.05, 0) is 24.1 Å². The number of epoxide rings is 1. The third kappa shape index (κ3) is 2.01. The van der Waals surface area contributed by atoms with Crippen molar-refractivity contribution in [3.05, 3.63) is 0 Å². The topological polar surface area (TPSA) is 51.2 Å². The Morgan fingerprint density at radius 3 is 2.38 bits per heavy atom. The third-order valence-electron chi connectivity index (χ3n) is 4.00. The first kappa shape index (κ1) is 12.4. The summed E-state index contributed by atoms with van der Waals surface area (Å²) < 4.78 is 16.0. The van der Waals surface area contributed by atoms with Crippen molar-refractivity contribution in [1.82, 2.24) is 0 Å². The molecule has 5 heteroatoms. The van der Waals surface area contributed by atoms with E-state index in [1.165, 1.54) is 0 Å². The molecule has 7 atom stereocenters. The molecule has 1 heterocycles. The van der Waals surface area contributed by atoms with Crippen molar-refractivity contribution in [2.24, 2.45) is 11.8 Å². The van der Waals surface area contributed by atoms with Gasteiger partial charge < -0.3 is 19.3 Å². The number of aliphatic hydroxyl groups excluding tert-OH is 1. The first-order valence-corrected chi connectivity index (χ1v) is 5.74. The molecule has 1 N–H and O–H groups in total. The summed E-state index contributed by atoms with van der Waals surface area (Å²) in [6.07, 6.45) is 0.0673. The van der Waals surface area contributed by atoms with E-state index in [4.69, 9.17) is 22.1 Å². The highest BCUT2D eigenvalue weighted by atomic mass is 16.7. The summed E-state index contributed by atoms with van der Waals surface area (Å²) in [5.41, 5.74) is 0. The zero-order valence-electron chi connectivity index (χ0n) is 10.00. The average molecular weight is 226 g/mol. The van der Waals surface area contributed by atoms with Crippen LogP contribution in [0.1, 0.15) is 13.3 Å². The van der Waals surface area contributed by atoms with Gasteiger partial charge in [0.15, 0.2) is 6.29 Å². The lowest BCUT2D eigenvalue weighted by molar-refractivity contribution is -0.0658. The molecular formula is C11H19BO4. The Morgan fingerprint density at radius 2 is 1.94 bits per heavy atom. The molecule has 2 radical (unpaired) electrons. The molecule has 4 nitrogen and oxygen atoms in total. The van der Waals surface area contributed by atoms with E-state index in [1.54, 1.807) is 14.2 Å². The molecule has 0 amide bonds. The van der Waals surface area contributed by atoms with E-state index < -0.39 is 6.29 Å². The number of rotatable bonds is 3. The Labute approximate surface area is 97.7 Å². The number of hydrogen-bond acceptors (Lipinski definition) is 4. The second-order valence-electron chi connectivity index (χ2n) is 4.80. The molecular weight excluding hydrogens is 207 g/mol. The number of aliphatic hydroxyl groups is 1. The fourth-order valence-corrected chi connectivity index (χ4v) is 2.93. The van der Waals surface area contributed by atoms with Crippen LogP contribution in [0.15, 0.2) is 0 Å². The lowest BCUT2D eigenvalue weighted by Gasteiger charge is -2.43. The Kier molecular flexibility index (Phi) is 3.59. The number of ether oxygens (including phenoxy) is 3. The quantitative estimate of drug-likeness (QED) is 0.557. The van der Waals surface area contributed by atoms with Crippen LogP contribution in [-0.4, -0.2) is 51.8 Å². The standard InChI is InChI=1S/C11H19BO4/c1-5-6(10-11(13)16-10)4-7(14-2)8(12)9(5)15-3/h5-11,13H,4H2,1-3H3. The van der Waals surface area contributed by atoms with Gasteiger partial charge in [-0.2, -0.15) is 0 Å². The Morgan fingerprint density at radius 1 is 1.31 bits per heavy atom. The summed E-state index contributed by atoms with van der Waals surface area (Å²) in [5, 5.41) is 9.35. The first-order valence-electron chi connectivity index (χ1n) is 5.74. The predicted octanol–water partition coefficient (Wildman–Crippen LogP) is 0.347. The minimum Gasteiger partial charge on any atom is -0.382 e. The summed E-state index contributed by atoms with van der Waals surface area (Å²) in [4.78, 5) is 0. The fraction of sp³-hybridized carbons (Fsp3) is 1.00. The van der Waals surface area contributed by atoms with Crippen molar-refractivity contribution in [1.29, 1.82) is 0 Å². The van der Waals surface area contributed by atoms with E-state index in [0.717, 1.165) is 6.42 Å². The van der Waals surface area contributed by atoms with Gasteiger partial charge in [-0.1, -0.05) is 6.92 Å². The molecule has 1 saturated carbocycles. The van der Waals surface area contributed by atoms with E-state index in [2.05, 4.69) is 6.92 Å². The van der Waals surface area contributed by atoms with Crippen LogP contribution in [0.5, 0.6) is 0 Å². The largest absolute Gasteiger partial charge is 0.382 e. The van der Waals surface area contributed by atoms with Crippen LogP contribution in [-0.2, 0) is 14.2 Å². The van der Waals surface area contributed by atoms with E-state index >= 15 is 0 Å². The molecule has 90 valence electrons. The molecule has 0 aromatic rings. The van der Waals surface area contributed by atoms with Crippen molar-refractivity contribution < 1.29 is 19.3 Å². The van der Waals surface area contributed by atoms with Gasteiger partial charge in [-0.15, -0.1) is 0 Å². The van der Waals surface area contributed by atoms with Gasteiger partial charge in [0.1, 0.15) is 6.10 Å². The van der Waals surface area contributed by atoms with E-state index in [9.17, 15) is 5.11 Å². The van der Waals surface area contributed by atoms with Gasteiger partial charge in [-0.25, -0.2) is 0 Å². The third-order valence-corrected chi connectivity index (χ3v) is 4.00. The van der Waals surface area contributed by atoms with Gasteiger partial charge in [0, 0.05) is 14.2 Å². The minimum absolute atomic E-state index is 0.0254. The minimum atomic E-state index is -0.614. The van der Waals surface area contributed by atoms with Crippen molar-refractivity contribution >= 4 is 7.85 Å². The van der Waals surface area contributed by atoms with Crippen molar-refractivity contribution in [3.63, 3.8) is 0 Å². The van der Waals surface area contributed by atoms with Gasteiger partial charge in [-0.3, -0.25) is 0 Å². The maximum absolute atomic E-state index is 9.35. The van der Waals surface area contributed by atoms with Crippen molar-refractivity contribution in [2.75, 3.05) is 14.2 Å². The smallest absolute Gasteiger partial charge is 0.182 e. The molecule has 1 aliphatic heterocycles. The molecule has 1 saturated heterocycles. The molecule has 0 bridgehead atoms. The molecule has 1 aliphatic carbocycles. The van der Waals surface area contributed by atoms with Gasteiger partial charge in [0.2, 0.25) is 0 Å². The number of hydrogen-bond donors (Lipinski definition) is 1. The maximum atomic E-state index is 9.35. The van der Waals surface area contributed by atoms with E-state index in [-0.39, 0.29) is 36.0 Å². The SMILES string of the molecule is [B]C1C(OC)CC(C2OC2O)C(C)C1OC. The van der Waals surface area contributed by atoms with Crippen molar-refractivity contribution in [3.8, 4) is 0 Å². The predicted molar refractivity (Wildman–Crippen MR) is 59.2 cm³/mol. The molecule has 0 aromatic carbocycles. The molecule has 2 aliphatic rings. The zero-order chi connectivity index (χ0) is 11.9. The average Bonchev–Trinajstić information content (AvgIpc) is 2.96. The second-order valence-corrected chi connectivity index (χ2v) is 4.80. The van der Waals surface area contributed by atoms with Crippen LogP contribution in [0.25, 0.3) is 0 Å². The lowest BCUT2D eigenvalue weighted by Crippen LogP contribution is -2.46. The summed E-state index contributed by atoms with van der Waals surface area (Å²) in [6, 6.07) is 0. The summed E-state index contributed by atoms with van der Waals surface area (Å²) >= 11 is 0. The van der Waals surface area contributed by atoms with Gasteiger partial charge in [0.05, 0.1) is 20.1 Å². The molecule has 2 rings (SSSR count). The molecule has 2 fully saturated rings. The van der Waals surface area contributed by atoms with E-state index in [0.29, 0.717) is 0 Å². The van der Waals surface area contributed by atoms with Crippen LogP contribution in [0.2, 0.25) is 5.82 Å². The normalized spacial score (nSPS) is 52.6. The lowest BCUT2D eigenvalue weighted by atomic mass is 9.62. The highest BCUT2D eigenvalue weighted by Gasteiger charge is 2.52. The van der Waals surface area contributed by atoms with Crippen LogP contribution in [0.4, 0.5) is 0 Å². The van der Waals surface area contributed by atoms with Gasteiger partial charge in [0.25, 0.3) is 0 Å². The molecule has 0 aromatic heterocycles. The Balaban J connectivity index is 2.09. The van der Waals surface area contributed by atoms with E-state index in [1.807, 2.05) is 0 Å². The second kappa shape index (κ2) is 4.65. The molecule has 0 spiro atoms. The highest BCUT2D eigenvalue weighted by molar-refractivity contribution is 6.12. The summed E-state index contributed by atoms with van der Waals surface area (Å²) in [7, 11) is 9.43. The fourth-order valence-electron chi connectivity index (χ4n) is 2.93. The monoisotopic (exact) mass is 226 g/mol. The van der Waals surface area contributed by atoms with Gasteiger partial charge >= 0.3 is 0 Å². The zero-order valence-corrected chi connectivity index (χ0v) is 10.00. The van der Waals surface area contributed by atoms with Crippen molar-refractivity contribution in [2.45, 2.75) is 43.8 Å². The van der Waals surface area contributed by atoms with Crippen LogP contribution >= 0.6 is 0 Å². The Hall–Kier alpha value is -0.0951. The van der Waals surface area contributed by atoms with Crippen LogP contribution < -0.4 is 0 Å². The molecule has 16 heavy (non-hydrogen) atoms. The highest BCUT2D eigenvalue weighted by Crippen LogP contribution is 2.45. The molecule has 7 unspecified atom stereocenters.